The van der Waals surface area contributed by atoms with Crippen molar-refractivity contribution in [2.24, 2.45) is 0 Å². The number of carbonyl (C=O) groups is 1. The van der Waals surface area contributed by atoms with Crippen LogP contribution in [0.1, 0.15) is 0 Å². The second-order valence-corrected chi connectivity index (χ2v) is 1.51. The van der Waals surface area contributed by atoms with E-state index in [0.717, 1.165) is 0 Å². The molecule has 0 unspecified atom stereocenters. The molecule has 0 heterocycles. The SMILES string of the molecule is O.O=C(O)O.O=S(=O)([O-])[O-].[Ca+2].[Mn]. The normalized spacial score (nSPS) is 6.83. The minimum absolute atomic E-state index is 0. The topological polar surface area (TPSA) is 169 Å². The van der Waals surface area contributed by atoms with Crippen LogP contribution in [0.3, 0.4) is 0 Å². The van der Waals surface area contributed by atoms with Crippen LogP contribution >= 0.6 is 0 Å². The zero-order valence-corrected chi connectivity index (χ0v) is 9.63. The Morgan fingerprint density at radius 3 is 1.17 bits per heavy atom. The van der Waals surface area contributed by atoms with Gasteiger partial charge in [0.2, 0.25) is 0 Å². The van der Waals surface area contributed by atoms with Gasteiger partial charge in [-0.3, -0.25) is 8.42 Å². The van der Waals surface area contributed by atoms with Crippen LogP contribution in [0.4, 0.5) is 4.79 Å². The first-order chi connectivity index (χ1) is 3.73. The first-order valence-corrected chi connectivity index (χ1v) is 2.65. The van der Waals surface area contributed by atoms with E-state index in [1.807, 2.05) is 0 Å². The first kappa shape index (κ1) is 29.3. The first-order valence-electron chi connectivity index (χ1n) is 1.32. The maximum absolute atomic E-state index is 8.56. The quantitative estimate of drug-likeness (QED) is 0.283. The second-order valence-electron chi connectivity index (χ2n) is 0.691. The van der Waals surface area contributed by atoms with Crippen LogP contribution in [0.5, 0.6) is 0 Å². The number of hydrogen-bond donors (Lipinski definition) is 2. The molecule has 12 heavy (non-hydrogen) atoms. The molecule has 8 nitrogen and oxygen atoms in total. The number of rotatable bonds is 0. The summed E-state index contributed by atoms with van der Waals surface area (Å²) in [4.78, 5) is 8.56. The summed E-state index contributed by atoms with van der Waals surface area (Å²) in [6.45, 7) is 0. The summed E-state index contributed by atoms with van der Waals surface area (Å²) < 4.78 is 34.1. The van der Waals surface area contributed by atoms with Gasteiger partial charge >= 0.3 is 43.9 Å². The van der Waals surface area contributed by atoms with Crippen molar-refractivity contribution in [2.45, 2.75) is 0 Å². The molecule has 0 amide bonds. The van der Waals surface area contributed by atoms with Crippen molar-refractivity contribution >= 4 is 54.3 Å². The van der Waals surface area contributed by atoms with E-state index in [9.17, 15) is 0 Å². The molecule has 0 aromatic heterocycles. The van der Waals surface area contributed by atoms with Crippen LogP contribution in [0.25, 0.3) is 0 Å². The van der Waals surface area contributed by atoms with Gasteiger partial charge in [-0.2, -0.15) is 0 Å². The molecule has 0 spiro atoms. The third-order valence-electron chi connectivity index (χ3n) is 0. The standard InChI is InChI=1S/CH2O3.Ca.Mn.H2O4S.H2O/c2-1(3)4;;;1-5(2,3)4;/h(H2,2,3,4);;;(H2,1,2,3,4);1H2/q;+2;;;/p-2. The molecule has 0 aliphatic heterocycles. The fraction of sp³-hybridized carbons (Fsp3) is 0. The van der Waals surface area contributed by atoms with Crippen LogP contribution in [-0.2, 0) is 27.5 Å². The van der Waals surface area contributed by atoms with Gasteiger partial charge in [0.1, 0.15) is 0 Å². The molecule has 4 N–H and O–H groups in total. The Hall–Kier alpha value is 0.879. The van der Waals surface area contributed by atoms with E-state index >= 15 is 0 Å². The van der Waals surface area contributed by atoms with Crippen molar-refractivity contribution in [3.05, 3.63) is 0 Å². The van der Waals surface area contributed by atoms with Gasteiger partial charge in [0.15, 0.2) is 0 Å². The molecule has 0 fully saturated rings. The number of carboxylic acid groups (broad SMARTS) is 2. The minimum atomic E-state index is -5.17. The Bertz CT molecular complexity index is 161. The van der Waals surface area contributed by atoms with Gasteiger partial charge in [-0.05, 0) is 0 Å². The molecule has 0 aliphatic rings. The Labute approximate surface area is 108 Å². The van der Waals surface area contributed by atoms with Crippen molar-refractivity contribution in [3.63, 3.8) is 0 Å². The van der Waals surface area contributed by atoms with E-state index < -0.39 is 16.6 Å². The molecule has 1 radical (unpaired) electrons. The fourth-order valence-electron chi connectivity index (χ4n) is 0. The van der Waals surface area contributed by atoms with Gasteiger partial charge in [0.05, 0.1) is 0 Å². The predicted molar refractivity (Wildman–Crippen MR) is 30.5 cm³/mol. The van der Waals surface area contributed by atoms with Crippen molar-refractivity contribution < 1.29 is 55.1 Å². The molecule has 11 heteroatoms. The molecule has 0 rings (SSSR count). The van der Waals surface area contributed by atoms with Crippen LogP contribution in [-0.4, -0.2) is 77.1 Å². The Kier molecular flexibility index (Phi) is 35.1. The van der Waals surface area contributed by atoms with E-state index in [1.165, 1.54) is 0 Å². The molecule has 71 valence electrons. The smallest absolute Gasteiger partial charge is 0.759 e. The van der Waals surface area contributed by atoms with E-state index in [4.69, 9.17) is 32.5 Å². The van der Waals surface area contributed by atoms with Crippen LogP contribution in [0.2, 0.25) is 0 Å². The summed E-state index contributed by atoms with van der Waals surface area (Å²) in [5.74, 6) is 0. The predicted octanol–water partition coefficient (Wildman–Crippen LogP) is -2.32. The molecule has 0 saturated heterocycles. The Morgan fingerprint density at radius 1 is 1.17 bits per heavy atom. The van der Waals surface area contributed by atoms with E-state index in [2.05, 4.69) is 0 Å². The average Bonchev–Trinajstić information content (AvgIpc) is 1.19. The zero-order chi connectivity index (χ0) is 8.08. The van der Waals surface area contributed by atoms with Gasteiger partial charge in [-0.15, -0.1) is 0 Å². The molecule has 0 aromatic carbocycles. The van der Waals surface area contributed by atoms with Crippen molar-refractivity contribution in [3.8, 4) is 0 Å². The summed E-state index contributed by atoms with van der Waals surface area (Å²) in [5, 5.41) is 13.9. The molecular formula is CH4CaMnO8S. The van der Waals surface area contributed by atoms with Crippen molar-refractivity contribution in [2.75, 3.05) is 0 Å². The van der Waals surface area contributed by atoms with Gasteiger partial charge in [-0.1, -0.05) is 0 Å². The van der Waals surface area contributed by atoms with Gasteiger partial charge in [0, 0.05) is 27.5 Å². The average molecular weight is 271 g/mol. The summed E-state index contributed by atoms with van der Waals surface area (Å²) in [6, 6.07) is 0. The largest absolute Gasteiger partial charge is 2.00 e. The molecular weight excluding hydrogens is 267 g/mol. The second kappa shape index (κ2) is 14.4. The third-order valence-corrected chi connectivity index (χ3v) is 0. The third kappa shape index (κ3) is 1370. The van der Waals surface area contributed by atoms with E-state index in [0.29, 0.717) is 0 Å². The van der Waals surface area contributed by atoms with Crippen molar-refractivity contribution in [1.82, 2.24) is 0 Å². The van der Waals surface area contributed by atoms with Crippen LogP contribution in [0.15, 0.2) is 0 Å². The van der Waals surface area contributed by atoms with Gasteiger partial charge in [0.25, 0.3) is 0 Å². The molecule has 0 aliphatic carbocycles. The van der Waals surface area contributed by atoms with Crippen LogP contribution < -0.4 is 0 Å². The van der Waals surface area contributed by atoms with Crippen LogP contribution in [0, 0.1) is 0 Å². The summed E-state index contributed by atoms with van der Waals surface area (Å²) in [5.41, 5.74) is 0. The van der Waals surface area contributed by atoms with Gasteiger partial charge in [-0.25, -0.2) is 4.79 Å². The molecule has 0 bridgehead atoms. The summed E-state index contributed by atoms with van der Waals surface area (Å²) in [6.07, 6.45) is -1.83. The fourth-order valence-corrected chi connectivity index (χ4v) is 0. The van der Waals surface area contributed by atoms with Gasteiger partial charge < -0.3 is 24.8 Å². The monoisotopic (exact) mass is 271 g/mol. The van der Waals surface area contributed by atoms with E-state index in [1.54, 1.807) is 0 Å². The molecule has 0 aromatic rings. The van der Waals surface area contributed by atoms with Crippen molar-refractivity contribution in [1.29, 1.82) is 0 Å². The number of hydrogen-bond acceptors (Lipinski definition) is 5. The molecule has 0 atom stereocenters. The minimum Gasteiger partial charge on any atom is -0.759 e. The Balaban J connectivity index is -0.0000000221. The molecule has 0 saturated carbocycles. The summed E-state index contributed by atoms with van der Waals surface area (Å²) >= 11 is 0. The summed E-state index contributed by atoms with van der Waals surface area (Å²) in [7, 11) is -5.17. The Morgan fingerprint density at radius 2 is 1.17 bits per heavy atom. The maximum Gasteiger partial charge on any atom is 2.00 e. The van der Waals surface area contributed by atoms with E-state index in [-0.39, 0.29) is 60.3 Å². The maximum atomic E-state index is 8.56. The zero-order valence-electron chi connectivity index (χ0n) is 5.43.